The van der Waals surface area contributed by atoms with Crippen molar-refractivity contribution >= 4 is 16.3 Å². The lowest BCUT2D eigenvalue weighted by Gasteiger charge is -1.98. The quantitative estimate of drug-likeness (QED) is 0.571. The van der Waals surface area contributed by atoms with E-state index in [0.717, 1.165) is 16.4 Å². The number of hydrogen-bond acceptors (Lipinski definition) is 5. The molecule has 22 heavy (non-hydrogen) atoms. The van der Waals surface area contributed by atoms with Crippen molar-refractivity contribution < 1.29 is 4.39 Å². The molecule has 0 saturated carbocycles. The molecule has 0 spiro atoms. The maximum Gasteiger partial charge on any atom is 0.235 e. The van der Waals surface area contributed by atoms with Gasteiger partial charge in [-0.15, -0.1) is 10.2 Å². The van der Waals surface area contributed by atoms with Crippen LogP contribution >= 0.6 is 11.3 Å². The summed E-state index contributed by atoms with van der Waals surface area (Å²) in [6.45, 7) is 1.93. The van der Waals surface area contributed by atoms with Crippen LogP contribution in [0.25, 0.3) is 27.1 Å². The zero-order valence-electron chi connectivity index (χ0n) is 11.9. The third-order valence-electron chi connectivity index (χ3n) is 3.33. The molecule has 0 aliphatic carbocycles. The van der Waals surface area contributed by atoms with Crippen LogP contribution in [0, 0.1) is 12.7 Å². The highest BCUT2D eigenvalue weighted by Gasteiger charge is 2.18. The number of nitrogens with zero attached hydrogens (tertiary/aromatic N) is 6. The summed E-state index contributed by atoms with van der Waals surface area (Å²) in [4.78, 5) is 0.618. The third-order valence-corrected chi connectivity index (χ3v) is 4.25. The van der Waals surface area contributed by atoms with Gasteiger partial charge in [-0.1, -0.05) is 23.5 Å². The molecule has 0 aliphatic rings. The number of fused-ring (bicyclic) bond motifs is 1. The second kappa shape index (κ2) is 4.70. The summed E-state index contributed by atoms with van der Waals surface area (Å²) in [5, 5.41) is 17.7. The molecule has 0 radical (unpaired) electrons. The van der Waals surface area contributed by atoms with Crippen LogP contribution < -0.4 is 0 Å². The average Bonchev–Trinajstić information content (AvgIpc) is 3.13. The van der Waals surface area contributed by atoms with Crippen LogP contribution in [0.1, 0.15) is 5.69 Å². The number of aromatic nitrogens is 6. The first kappa shape index (κ1) is 13.1. The van der Waals surface area contributed by atoms with Crippen LogP contribution in [0.2, 0.25) is 0 Å². The Bertz CT molecular complexity index is 982. The van der Waals surface area contributed by atoms with E-state index in [9.17, 15) is 4.39 Å². The molecule has 0 N–H and O–H groups in total. The van der Waals surface area contributed by atoms with E-state index >= 15 is 0 Å². The van der Waals surface area contributed by atoms with Gasteiger partial charge in [0.2, 0.25) is 4.96 Å². The number of hydrogen-bond donors (Lipinski definition) is 0. The molecule has 4 rings (SSSR count). The molecular weight excluding hydrogens is 303 g/mol. The van der Waals surface area contributed by atoms with Gasteiger partial charge in [0.05, 0.1) is 17.0 Å². The van der Waals surface area contributed by atoms with Crippen LogP contribution in [-0.4, -0.2) is 29.6 Å². The molecule has 0 fully saturated rings. The Labute approximate surface area is 128 Å². The van der Waals surface area contributed by atoms with E-state index in [1.165, 1.54) is 17.4 Å². The smallest absolute Gasteiger partial charge is 0.235 e. The van der Waals surface area contributed by atoms with Gasteiger partial charge in [-0.05, 0) is 25.1 Å². The first-order chi connectivity index (χ1) is 10.6. The first-order valence-electron chi connectivity index (χ1n) is 6.61. The number of aryl methyl sites for hydroxylation is 2. The maximum atomic E-state index is 14.0. The minimum absolute atomic E-state index is 0.345. The molecule has 0 saturated heterocycles. The Balaban J connectivity index is 1.90. The fraction of sp³-hybridized carbons (Fsp3) is 0.143. The lowest BCUT2D eigenvalue weighted by atomic mass is 10.2. The van der Waals surface area contributed by atoms with Gasteiger partial charge in [-0.2, -0.15) is 14.7 Å². The number of rotatable bonds is 2. The third kappa shape index (κ3) is 1.92. The van der Waals surface area contributed by atoms with E-state index in [-0.39, 0.29) is 5.82 Å². The Kier molecular flexibility index (Phi) is 2.80. The van der Waals surface area contributed by atoms with Gasteiger partial charge in [-0.3, -0.25) is 4.68 Å². The van der Waals surface area contributed by atoms with E-state index in [1.807, 2.05) is 20.0 Å². The molecule has 0 bridgehead atoms. The summed E-state index contributed by atoms with van der Waals surface area (Å²) < 4.78 is 17.3. The van der Waals surface area contributed by atoms with Gasteiger partial charge in [-0.25, -0.2) is 4.39 Å². The minimum atomic E-state index is -0.345. The summed E-state index contributed by atoms with van der Waals surface area (Å²) in [5.41, 5.74) is 2.19. The summed E-state index contributed by atoms with van der Waals surface area (Å²) in [7, 11) is 1.86. The Morgan fingerprint density at radius 2 is 1.95 bits per heavy atom. The fourth-order valence-corrected chi connectivity index (χ4v) is 3.23. The molecule has 0 atom stereocenters. The Morgan fingerprint density at radius 3 is 2.68 bits per heavy atom. The van der Waals surface area contributed by atoms with E-state index < -0.39 is 0 Å². The number of benzene rings is 1. The monoisotopic (exact) mass is 314 g/mol. The molecule has 4 aromatic rings. The van der Waals surface area contributed by atoms with E-state index in [4.69, 9.17) is 0 Å². The highest BCUT2D eigenvalue weighted by Crippen LogP contribution is 2.28. The maximum absolute atomic E-state index is 14.0. The van der Waals surface area contributed by atoms with Crippen molar-refractivity contribution in [3.05, 3.63) is 41.8 Å². The highest BCUT2D eigenvalue weighted by atomic mass is 32.1. The standard InChI is InChI=1S/C14H11FN6S/c1-8-7-11(20(2)18-8)13-19-21-12(16-17-14(21)22-13)9-5-3-4-6-10(9)15/h3-7H,1-2H3. The zero-order valence-corrected chi connectivity index (χ0v) is 12.7. The zero-order chi connectivity index (χ0) is 15.3. The van der Waals surface area contributed by atoms with E-state index in [0.29, 0.717) is 16.3 Å². The largest absolute Gasteiger partial charge is 0.265 e. The normalized spacial score (nSPS) is 11.4. The molecule has 0 unspecified atom stereocenters. The topological polar surface area (TPSA) is 60.9 Å². The van der Waals surface area contributed by atoms with Gasteiger partial charge in [0.1, 0.15) is 5.82 Å². The lowest BCUT2D eigenvalue weighted by Crippen LogP contribution is -1.96. The molecule has 0 amide bonds. The van der Waals surface area contributed by atoms with Gasteiger partial charge in [0.15, 0.2) is 10.8 Å². The Morgan fingerprint density at radius 1 is 1.14 bits per heavy atom. The average molecular weight is 314 g/mol. The Hall–Kier alpha value is -2.61. The number of halogens is 1. The molecule has 110 valence electrons. The first-order valence-corrected chi connectivity index (χ1v) is 7.43. The molecule has 0 aliphatic heterocycles. The second-order valence-electron chi connectivity index (χ2n) is 4.90. The second-order valence-corrected chi connectivity index (χ2v) is 5.86. The summed E-state index contributed by atoms with van der Waals surface area (Å²) in [6, 6.07) is 8.42. The van der Waals surface area contributed by atoms with Gasteiger partial charge in [0, 0.05) is 7.05 Å². The minimum Gasteiger partial charge on any atom is -0.265 e. The predicted molar refractivity (Wildman–Crippen MR) is 81.0 cm³/mol. The van der Waals surface area contributed by atoms with Gasteiger partial charge >= 0.3 is 0 Å². The van der Waals surface area contributed by atoms with Crippen LogP contribution in [0.5, 0.6) is 0 Å². The van der Waals surface area contributed by atoms with Crippen LogP contribution in [0.3, 0.4) is 0 Å². The SMILES string of the molecule is Cc1cc(-c2nn3c(-c4ccccc4F)nnc3s2)n(C)n1. The van der Waals surface area contributed by atoms with Crippen LogP contribution in [0.15, 0.2) is 30.3 Å². The summed E-state index contributed by atoms with van der Waals surface area (Å²) >= 11 is 1.39. The van der Waals surface area contributed by atoms with Crippen molar-refractivity contribution in [1.82, 2.24) is 29.6 Å². The van der Waals surface area contributed by atoms with Crippen molar-refractivity contribution in [2.75, 3.05) is 0 Å². The van der Waals surface area contributed by atoms with Crippen molar-refractivity contribution in [1.29, 1.82) is 0 Å². The highest BCUT2D eigenvalue weighted by molar-refractivity contribution is 7.19. The van der Waals surface area contributed by atoms with Crippen molar-refractivity contribution in [3.63, 3.8) is 0 Å². The van der Waals surface area contributed by atoms with Crippen molar-refractivity contribution in [2.24, 2.45) is 7.05 Å². The lowest BCUT2D eigenvalue weighted by molar-refractivity contribution is 0.629. The van der Waals surface area contributed by atoms with Crippen molar-refractivity contribution in [3.8, 4) is 22.1 Å². The summed E-state index contributed by atoms with van der Waals surface area (Å²) in [6.07, 6.45) is 0. The predicted octanol–water partition coefficient (Wildman–Crippen LogP) is 2.70. The van der Waals surface area contributed by atoms with Gasteiger partial charge < -0.3 is 0 Å². The van der Waals surface area contributed by atoms with Crippen LogP contribution in [-0.2, 0) is 7.05 Å². The molecule has 6 nitrogen and oxygen atoms in total. The molecule has 8 heteroatoms. The molecule has 1 aromatic carbocycles. The molecule has 3 heterocycles. The van der Waals surface area contributed by atoms with E-state index in [1.54, 1.807) is 27.4 Å². The summed E-state index contributed by atoms with van der Waals surface area (Å²) in [5.74, 6) is 0.0530. The molecule has 3 aromatic heterocycles. The van der Waals surface area contributed by atoms with Crippen LogP contribution in [0.4, 0.5) is 4.39 Å². The van der Waals surface area contributed by atoms with Crippen molar-refractivity contribution in [2.45, 2.75) is 6.92 Å². The van der Waals surface area contributed by atoms with E-state index in [2.05, 4.69) is 20.4 Å². The fourth-order valence-electron chi connectivity index (χ4n) is 2.34. The molecular formula is C14H11FN6S. The van der Waals surface area contributed by atoms with Gasteiger partial charge in [0.25, 0.3) is 0 Å².